The Labute approximate surface area is 103 Å². The van der Waals surface area contributed by atoms with Crippen LogP contribution in [0.2, 0.25) is 0 Å². The largest absolute Gasteiger partial charge is 0.516 e. The summed E-state index contributed by atoms with van der Waals surface area (Å²) in [4.78, 5) is 0. The number of hydrazone groups is 1. The van der Waals surface area contributed by atoms with Crippen molar-refractivity contribution < 1.29 is 5.11 Å². The molecule has 0 unspecified atom stereocenters. The number of aromatic nitrogens is 3. The minimum atomic E-state index is 0.457. The molecule has 90 valence electrons. The van der Waals surface area contributed by atoms with Crippen molar-refractivity contribution in [1.29, 1.82) is 0 Å². The van der Waals surface area contributed by atoms with Crippen LogP contribution in [-0.4, -0.2) is 26.3 Å². The van der Waals surface area contributed by atoms with Gasteiger partial charge in [0.05, 0.1) is 18.5 Å². The van der Waals surface area contributed by atoms with E-state index in [1.807, 2.05) is 24.3 Å². The van der Waals surface area contributed by atoms with Crippen LogP contribution in [-0.2, 0) is 6.54 Å². The van der Waals surface area contributed by atoms with Crippen LogP contribution in [0.1, 0.15) is 5.56 Å². The molecule has 6 heteroatoms. The lowest BCUT2D eigenvalue weighted by atomic mass is 10.1. The van der Waals surface area contributed by atoms with Gasteiger partial charge in [-0.25, -0.2) is 4.68 Å². The fourth-order valence-corrected chi connectivity index (χ4v) is 1.91. The van der Waals surface area contributed by atoms with E-state index in [0.717, 1.165) is 28.5 Å². The summed E-state index contributed by atoms with van der Waals surface area (Å²) in [6.45, 7) is 0.457. The number of aliphatic hydroxyl groups is 1. The van der Waals surface area contributed by atoms with Gasteiger partial charge in [-0.05, 0) is 18.2 Å². The molecule has 6 nitrogen and oxygen atoms in total. The number of aliphatic hydroxyl groups excluding tert-OH is 1. The third-order valence-corrected chi connectivity index (χ3v) is 2.70. The second kappa shape index (κ2) is 4.33. The third kappa shape index (κ3) is 1.64. The van der Waals surface area contributed by atoms with E-state index in [9.17, 15) is 0 Å². The Balaban J connectivity index is 2.22. The molecule has 0 aliphatic carbocycles. The Hall–Kier alpha value is -2.63. The molecule has 18 heavy (non-hydrogen) atoms. The molecule has 1 aromatic heterocycles. The zero-order valence-electron chi connectivity index (χ0n) is 9.48. The molecule has 0 bridgehead atoms. The van der Waals surface area contributed by atoms with Crippen LogP contribution in [0.15, 0.2) is 35.6 Å². The minimum Gasteiger partial charge on any atom is -0.516 e. The molecule has 0 fully saturated rings. The van der Waals surface area contributed by atoms with Crippen molar-refractivity contribution in [3.8, 4) is 0 Å². The summed E-state index contributed by atoms with van der Waals surface area (Å²) in [5.41, 5.74) is 6.54. The fourth-order valence-electron chi connectivity index (χ4n) is 1.91. The van der Waals surface area contributed by atoms with Crippen molar-refractivity contribution in [1.82, 2.24) is 15.0 Å². The summed E-state index contributed by atoms with van der Waals surface area (Å²) in [7, 11) is 0. The average Bonchev–Trinajstić information content (AvgIpc) is 2.65. The number of hydrogen-bond donors (Lipinski definition) is 2. The van der Waals surface area contributed by atoms with Gasteiger partial charge in [0.1, 0.15) is 11.0 Å². The van der Waals surface area contributed by atoms with E-state index < -0.39 is 0 Å². The maximum atomic E-state index is 8.73. The molecule has 2 aromatic rings. The minimum absolute atomic E-state index is 0.457. The zero-order valence-corrected chi connectivity index (χ0v) is 9.48. The van der Waals surface area contributed by atoms with E-state index in [4.69, 9.17) is 5.11 Å². The Morgan fingerprint density at radius 3 is 3.22 bits per heavy atom. The molecule has 0 radical (unpaired) electrons. The maximum Gasteiger partial charge on any atom is 0.115 e. The van der Waals surface area contributed by atoms with E-state index in [1.165, 1.54) is 0 Å². The molecule has 1 aromatic carbocycles. The van der Waals surface area contributed by atoms with Gasteiger partial charge in [0.2, 0.25) is 0 Å². The number of rotatable bonds is 2. The topological polar surface area (TPSA) is 75.3 Å². The number of allylic oxidation sites excluding steroid dienone is 2. The molecule has 0 amide bonds. The van der Waals surface area contributed by atoms with Gasteiger partial charge in [0.15, 0.2) is 0 Å². The van der Waals surface area contributed by atoms with Gasteiger partial charge in [-0.2, -0.15) is 5.10 Å². The Morgan fingerprint density at radius 1 is 1.39 bits per heavy atom. The molecule has 0 saturated carbocycles. The number of nitrogens with zero attached hydrogens (tertiary/aromatic N) is 4. The Morgan fingerprint density at radius 2 is 2.33 bits per heavy atom. The van der Waals surface area contributed by atoms with Crippen molar-refractivity contribution in [3.05, 3.63) is 36.1 Å². The lowest BCUT2D eigenvalue weighted by Crippen LogP contribution is -2.01. The van der Waals surface area contributed by atoms with Crippen molar-refractivity contribution in [2.45, 2.75) is 6.54 Å². The van der Waals surface area contributed by atoms with Crippen LogP contribution in [0.5, 0.6) is 0 Å². The van der Waals surface area contributed by atoms with Gasteiger partial charge < -0.3 is 5.11 Å². The first-order valence-corrected chi connectivity index (χ1v) is 5.51. The van der Waals surface area contributed by atoms with E-state index >= 15 is 0 Å². The first-order valence-electron chi connectivity index (χ1n) is 5.51. The van der Waals surface area contributed by atoms with Crippen molar-refractivity contribution in [3.63, 3.8) is 0 Å². The predicted molar refractivity (Wildman–Crippen MR) is 70.4 cm³/mol. The molecule has 1 aliphatic rings. The van der Waals surface area contributed by atoms with E-state index in [-0.39, 0.29) is 0 Å². The summed E-state index contributed by atoms with van der Waals surface area (Å²) in [6, 6.07) is 3.88. The SMILES string of the molecule is OC=CCn1nnc2ccc3c(c21)NN=CC=C3. The molecular weight excluding hydrogens is 230 g/mol. The highest BCUT2D eigenvalue weighted by Crippen LogP contribution is 2.28. The van der Waals surface area contributed by atoms with Gasteiger partial charge in [-0.15, -0.1) is 5.10 Å². The number of nitrogens with one attached hydrogen (secondary N) is 1. The van der Waals surface area contributed by atoms with E-state index in [2.05, 4.69) is 20.8 Å². The predicted octanol–water partition coefficient (Wildman–Crippen LogP) is 1.93. The molecule has 1 aliphatic heterocycles. The average molecular weight is 241 g/mol. The summed E-state index contributed by atoms with van der Waals surface area (Å²) in [6.07, 6.45) is 8.13. The van der Waals surface area contributed by atoms with Crippen LogP contribution < -0.4 is 5.43 Å². The summed E-state index contributed by atoms with van der Waals surface area (Å²) < 4.78 is 1.71. The molecule has 0 spiro atoms. The van der Waals surface area contributed by atoms with Crippen molar-refractivity contribution >= 4 is 29.0 Å². The Kier molecular flexibility index (Phi) is 2.53. The van der Waals surface area contributed by atoms with Crippen LogP contribution in [0.25, 0.3) is 17.1 Å². The van der Waals surface area contributed by atoms with Gasteiger partial charge in [0.25, 0.3) is 0 Å². The lowest BCUT2D eigenvalue weighted by molar-refractivity contribution is 0.468. The highest BCUT2D eigenvalue weighted by molar-refractivity contribution is 5.96. The molecule has 3 rings (SSSR count). The zero-order chi connectivity index (χ0) is 12.4. The van der Waals surface area contributed by atoms with Crippen LogP contribution in [0.4, 0.5) is 5.69 Å². The second-order valence-corrected chi connectivity index (χ2v) is 3.80. The smallest absolute Gasteiger partial charge is 0.115 e. The first kappa shape index (κ1) is 10.5. The van der Waals surface area contributed by atoms with Crippen LogP contribution >= 0.6 is 0 Å². The number of fused-ring (bicyclic) bond motifs is 3. The summed E-state index contributed by atoms with van der Waals surface area (Å²) >= 11 is 0. The molecule has 2 heterocycles. The van der Waals surface area contributed by atoms with Crippen LogP contribution in [0, 0.1) is 0 Å². The number of anilines is 1. The molecule has 2 N–H and O–H groups in total. The van der Waals surface area contributed by atoms with Crippen molar-refractivity contribution in [2.24, 2.45) is 5.10 Å². The second-order valence-electron chi connectivity index (χ2n) is 3.80. The van der Waals surface area contributed by atoms with Gasteiger partial charge >= 0.3 is 0 Å². The number of benzene rings is 1. The fraction of sp³-hybridized carbons (Fsp3) is 0.0833. The third-order valence-electron chi connectivity index (χ3n) is 2.70. The maximum absolute atomic E-state index is 8.73. The normalized spacial score (nSPS) is 13.8. The summed E-state index contributed by atoms with van der Waals surface area (Å²) in [5.74, 6) is 0. The van der Waals surface area contributed by atoms with Crippen molar-refractivity contribution in [2.75, 3.05) is 5.43 Å². The van der Waals surface area contributed by atoms with Crippen LogP contribution in [0.3, 0.4) is 0 Å². The molecule has 0 atom stereocenters. The quantitative estimate of drug-likeness (QED) is 0.788. The summed E-state index contributed by atoms with van der Waals surface area (Å²) in [5, 5.41) is 20.9. The van der Waals surface area contributed by atoms with Gasteiger partial charge in [-0.1, -0.05) is 17.4 Å². The first-order chi connectivity index (χ1) is 8.90. The van der Waals surface area contributed by atoms with Gasteiger partial charge in [0, 0.05) is 11.8 Å². The molecule has 0 saturated heterocycles. The lowest BCUT2D eigenvalue weighted by Gasteiger charge is -2.07. The van der Waals surface area contributed by atoms with E-state index in [1.54, 1.807) is 17.0 Å². The number of hydrogen-bond acceptors (Lipinski definition) is 5. The highest BCUT2D eigenvalue weighted by Gasteiger charge is 2.12. The molecular formula is C12H11N5O. The Bertz CT molecular complexity index is 668. The standard InChI is InChI=1S/C12H11N5O/c18-8-2-7-17-12-10(14-16-17)5-4-9-3-1-6-13-15-11(9)12/h1-6,8,15,18H,7H2. The van der Waals surface area contributed by atoms with E-state index in [0.29, 0.717) is 6.54 Å². The monoisotopic (exact) mass is 241 g/mol. The van der Waals surface area contributed by atoms with Gasteiger partial charge in [-0.3, -0.25) is 5.43 Å². The highest BCUT2D eigenvalue weighted by atomic mass is 16.2.